The predicted octanol–water partition coefficient (Wildman–Crippen LogP) is 3.06. The molecule has 1 heterocycles. The van der Waals surface area contributed by atoms with Crippen LogP contribution in [0, 0.1) is 6.92 Å². The Morgan fingerprint density at radius 3 is 2.29 bits per heavy atom. The molecule has 0 fully saturated rings. The van der Waals surface area contributed by atoms with E-state index < -0.39 is 0 Å². The standard InChI is InChI=1S/C12H14N2/c1-8(2)10-5-4-9(3)11-12(10)14-7-6-13-11/h4-8H,1-3H3. The van der Waals surface area contributed by atoms with E-state index in [2.05, 4.69) is 42.9 Å². The maximum atomic E-state index is 4.40. The molecule has 0 aliphatic carbocycles. The topological polar surface area (TPSA) is 25.8 Å². The molecular weight excluding hydrogens is 172 g/mol. The number of aryl methyl sites for hydroxylation is 1. The van der Waals surface area contributed by atoms with E-state index in [9.17, 15) is 0 Å². The van der Waals surface area contributed by atoms with Gasteiger partial charge >= 0.3 is 0 Å². The Bertz CT molecular complexity index is 461. The number of fused-ring (bicyclic) bond motifs is 1. The summed E-state index contributed by atoms with van der Waals surface area (Å²) in [6, 6.07) is 4.27. The lowest BCUT2D eigenvalue weighted by atomic mass is 9.99. The minimum absolute atomic E-state index is 0.495. The Balaban J connectivity index is 2.82. The largest absolute Gasteiger partial charge is 0.253 e. The average Bonchev–Trinajstić information content (AvgIpc) is 2.18. The van der Waals surface area contributed by atoms with Crippen molar-refractivity contribution in [2.75, 3.05) is 0 Å². The van der Waals surface area contributed by atoms with Gasteiger partial charge in [0.05, 0.1) is 11.0 Å². The molecule has 2 rings (SSSR count). The highest BCUT2D eigenvalue weighted by molar-refractivity contribution is 5.81. The fourth-order valence-electron chi connectivity index (χ4n) is 1.68. The second-order valence-corrected chi connectivity index (χ2v) is 3.88. The number of hydrogen-bond acceptors (Lipinski definition) is 2. The molecule has 0 amide bonds. The van der Waals surface area contributed by atoms with Crippen LogP contribution in [-0.2, 0) is 0 Å². The predicted molar refractivity (Wildman–Crippen MR) is 58.4 cm³/mol. The molecule has 0 bridgehead atoms. The lowest BCUT2D eigenvalue weighted by Crippen LogP contribution is -1.94. The van der Waals surface area contributed by atoms with Crippen LogP contribution < -0.4 is 0 Å². The van der Waals surface area contributed by atoms with Crippen LogP contribution in [0.5, 0.6) is 0 Å². The first-order valence-corrected chi connectivity index (χ1v) is 4.90. The molecule has 1 aromatic carbocycles. The van der Waals surface area contributed by atoms with E-state index in [0.717, 1.165) is 11.0 Å². The second-order valence-electron chi connectivity index (χ2n) is 3.88. The van der Waals surface area contributed by atoms with E-state index in [-0.39, 0.29) is 0 Å². The molecule has 0 aliphatic rings. The molecule has 0 spiro atoms. The van der Waals surface area contributed by atoms with Gasteiger partial charge in [-0.1, -0.05) is 26.0 Å². The van der Waals surface area contributed by atoms with Crippen LogP contribution in [0.1, 0.15) is 30.9 Å². The van der Waals surface area contributed by atoms with Crippen LogP contribution in [0.4, 0.5) is 0 Å². The summed E-state index contributed by atoms with van der Waals surface area (Å²) in [6.45, 7) is 6.43. The van der Waals surface area contributed by atoms with Crippen LogP contribution in [0.25, 0.3) is 11.0 Å². The summed E-state index contributed by atoms with van der Waals surface area (Å²) in [5.41, 5.74) is 4.54. The molecule has 2 aromatic rings. The van der Waals surface area contributed by atoms with E-state index in [1.165, 1.54) is 11.1 Å². The first-order chi connectivity index (χ1) is 6.70. The molecule has 0 N–H and O–H groups in total. The van der Waals surface area contributed by atoms with Crippen molar-refractivity contribution in [1.82, 2.24) is 9.97 Å². The number of nitrogens with zero attached hydrogens (tertiary/aromatic N) is 2. The average molecular weight is 186 g/mol. The van der Waals surface area contributed by atoms with Crippen molar-refractivity contribution in [3.05, 3.63) is 35.7 Å². The van der Waals surface area contributed by atoms with Crippen molar-refractivity contribution in [3.63, 3.8) is 0 Å². The van der Waals surface area contributed by atoms with Gasteiger partial charge in [0.1, 0.15) is 0 Å². The van der Waals surface area contributed by atoms with Gasteiger partial charge in [0.25, 0.3) is 0 Å². The van der Waals surface area contributed by atoms with Gasteiger partial charge in [-0.25, -0.2) is 0 Å². The molecule has 14 heavy (non-hydrogen) atoms. The van der Waals surface area contributed by atoms with Crippen molar-refractivity contribution >= 4 is 11.0 Å². The molecule has 0 atom stereocenters. The third kappa shape index (κ3) is 1.37. The third-order valence-electron chi connectivity index (χ3n) is 2.48. The lowest BCUT2D eigenvalue weighted by molar-refractivity contribution is 0.871. The number of benzene rings is 1. The Hall–Kier alpha value is -1.44. The van der Waals surface area contributed by atoms with Crippen LogP contribution in [-0.4, -0.2) is 9.97 Å². The van der Waals surface area contributed by atoms with Gasteiger partial charge < -0.3 is 0 Å². The molecule has 72 valence electrons. The van der Waals surface area contributed by atoms with E-state index in [0.29, 0.717) is 5.92 Å². The monoisotopic (exact) mass is 186 g/mol. The molecule has 1 aromatic heterocycles. The summed E-state index contributed by atoms with van der Waals surface area (Å²) >= 11 is 0. The Morgan fingerprint density at radius 2 is 1.64 bits per heavy atom. The fraction of sp³-hybridized carbons (Fsp3) is 0.333. The highest BCUT2D eigenvalue weighted by Gasteiger charge is 2.07. The van der Waals surface area contributed by atoms with Crippen molar-refractivity contribution in [2.24, 2.45) is 0 Å². The van der Waals surface area contributed by atoms with Gasteiger partial charge in [-0.05, 0) is 24.0 Å². The second kappa shape index (κ2) is 3.37. The number of hydrogen-bond donors (Lipinski definition) is 0. The normalized spacial score (nSPS) is 11.1. The molecule has 0 saturated heterocycles. The molecule has 2 nitrogen and oxygen atoms in total. The molecule has 0 radical (unpaired) electrons. The van der Waals surface area contributed by atoms with Gasteiger partial charge in [0.15, 0.2) is 0 Å². The van der Waals surface area contributed by atoms with Crippen molar-refractivity contribution in [2.45, 2.75) is 26.7 Å². The summed E-state index contributed by atoms with van der Waals surface area (Å²) in [7, 11) is 0. The lowest BCUT2D eigenvalue weighted by Gasteiger charge is -2.09. The molecular formula is C12H14N2. The number of rotatable bonds is 1. The Morgan fingerprint density at radius 1 is 1.00 bits per heavy atom. The summed E-state index contributed by atoms with van der Waals surface area (Å²) < 4.78 is 0. The summed E-state index contributed by atoms with van der Waals surface area (Å²) in [6.07, 6.45) is 3.51. The minimum Gasteiger partial charge on any atom is -0.253 e. The summed E-state index contributed by atoms with van der Waals surface area (Å²) in [5.74, 6) is 0.495. The minimum atomic E-state index is 0.495. The van der Waals surface area contributed by atoms with Crippen LogP contribution >= 0.6 is 0 Å². The van der Waals surface area contributed by atoms with Gasteiger partial charge in [-0.3, -0.25) is 9.97 Å². The van der Waals surface area contributed by atoms with Crippen molar-refractivity contribution in [1.29, 1.82) is 0 Å². The van der Waals surface area contributed by atoms with E-state index in [4.69, 9.17) is 0 Å². The van der Waals surface area contributed by atoms with Gasteiger partial charge in [-0.2, -0.15) is 0 Å². The molecule has 0 saturated carbocycles. The SMILES string of the molecule is Cc1ccc(C(C)C)c2nccnc12. The first-order valence-electron chi connectivity index (χ1n) is 4.90. The quantitative estimate of drug-likeness (QED) is 0.684. The van der Waals surface area contributed by atoms with E-state index in [1.807, 2.05) is 0 Å². The molecule has 0 aliphatic heterocycles. The zero-order chi connectivity index (χ0) is 10.1. The maximum Gasteiger partial charge on any atom is 0.0924 e. The van der Waals surface area contributed by atoms with Crippen LogP contribution in [0.15, 0.2) is 24.5 Å². The Labute approximate surface area is 84.0 Å². The fourth-order valence-corrected chi connectivity index (χ4v) is 1.68. The summed E-state index contributed by atoms with van der Waals surface area (Å²) in [4.78, 5) is 8.76. The van der Waals surface area contributed by atoms with Crippen LogP contribution in [0.2, 0.25) is 0 Å². The Kier molecular flexibility index (Phi) is 2.20. The number of aromatic nitrogens is 2. The maximum absolute atomic E-state index is 4.40. The zero-order valence-corrected chi connectivity index (χ0v) is 8.78. The highest BCUT2D eigenvalue weighted by atomic mass is 14.8. The van der Waals surface area contributed by atoms with Gasteiger partial charge in [0.2, 0.25) is 0 Å². The first kappa shape index (κ1) is 9.13. The van der Waals surface area contributed by atoms with Crippen LogP contribution in [0.3, 0.4) is 0 Å². The highest BCUT2D eigenvalue weighted by Crippen LogP contribution is 2.24. The van der Waals surface area contributed by atoms with Crippen molar-refractivity contribution < 1.29 is 0 Å². The van der Waals surface area contributed by atoms with E-state index in [1.54, 1.807) is 12.4 Å². The third-order valence-corrected chi connectivity index (χ3v) is 2.48. The zero-order valence-electron chi connectivity index (χ0n) is 8.78. The van der Waals surface area contributed by atoms with Gasteiger partial charge in [-0.15, -0.1) is 0 Å². The van der Waals surface area contributed by atoms with Gasteiger partial charge in [0, 0.05) is 12.4 Å². The van der Waals surface area contributed by atoms with E-state index >= 15 is 0 Å². The molecule has 0 unspecified atom stereocenters. The summed E-state index contributed by atoms with van der Waals surface area (Å²) in [5, 5.41) is 0. The smallest absolute Gasteiger partial charge is 0.0924 e. The molecule has 2 heteroatoms. The van der Waals surface area contributed by atoms with Crippen molar-refractivity contribution in [3.8, 4) is 0 Å².